The van der Waals surface area contributed by atoms with Crippen LogP contribution in [0.15, 0.2) is 30.3 Å². The lowest BCUT2D eigenvalue weighted by Gasteiger charge is -2.26. The minimum Gasteiger partial charge on any atom is -0.480 e. The first-order chi connectivity index (χ1) is 13.4. The number of thiol groups is 1. The molecule has 0 aliphatic carbocycles. The second-order valence-electron chi connectivity index (χ2n) is 7.13. The summed E-state index contributed by atoms with van der Waals surface area (Å²) < 4.78 is 0. The highest BCUT2D eigenvalue weighted by Crippen LogP contribution is 2.16. The Kier molecular flexibility index (Phi) is 8.79. The fourth-order valence-corrected chi connectivity index (χ4v) is 3.56. The van der Waals surface area contributed by atoms with E-state index >= 15 is 0 Å². The van der Waals surface area contributed by atoms with E-state index in [9.17, 15) is 14.4 Å². The van der Waals surface area contributed by atoms with Crippen LogP contribution in [0, 0.1) is 0 Å². The van der Waals surface area contributed by atoms with Gasteiger partial charge in [0.25, 0.3) is 5.91 Å². The van der Waals surface area contributed by atoms with E-state index in [-0.39, 0.29) is 11.9 Å². The van der Waals surface area contributed by atoms with Gasteiger partial charge in [0.15, 0.2) is 0 Å². The molecule has 1 aliphatic heterocycles. The van der Waals surface area contributed by atoms with Gasteiger partial charge >= 0.3 is 5.97 Å². The molecule has 28 heavy (non-hydrogen) atoms. The summed E-state index contributed by atoms with van der Waals surface area (Å²) in [5.74, 6) is -1.85. The number of carboxylic acids is 1. The van der Waals surface area contributed by atoms with Crippen molar-refractivity contribution in [1.82, 2.24) is 15.8 Å². The molecule has 8 heteroatoms. The number of carboxylic acid groups (broad SMARTS) is 1. The molecular formula is C20H29N3O4S. The Bertz CT molecular complexity index is 671. The van der Waals surface area contributed by atoms with E-state index in [2.05, 4.69) is 30.3 Å². The number of rotatable bonds is 9. The highest BCUT2D eigenvalue weighted by atomic mass is 32.1. The fraction of sp³-hybridized carbons (Fsp3) is 0.550. The maximum absolute atomic E-state index is 12.8. The molecule has 2 rings (SSSR count). The van der Waals surface area contributed by atoms with Crippen molar-refractivity contribution < 1.29 is 19.5 Å². The van der Waals surface area contributed by atoms with Gasteiger partial charge in [0, 0.05) is 6.04 Å². The van der Waals surface area contributed by atoms with E-state index in [1.54, 1.807) is 0 Å². The number of nitrogens with zero attached hydrogens (tertiary/aromatic N) is 1. The molecule has 2 amide bonds. The summed E-state index contributed by atoms with van der Waals surface area (Å²) in [5.41, 5.74) is 4.02. The van der Waals surface area contributed by atoms with Crippen LogP contribution in [0.1, 0.15) is 44.6 Å². The molecular weight excluding hydrogens is 378 g/mol. The van der Waals surface area contributed by atoms with Gasteiger partial charge in [-0.15, -0.1) is 0 Å². The topological polar surface area (TPSA) is 98.7 Å². The fourth-order valence-electron chi connectivity index (χ4n) is 3.28. The van der Waals surface area contributed by atoms with Gasteiger partial charge in [-0.3, -0.25) is 19.4 Å². The Morgan fingerprint density at radius 1 is 1.32 bits per heavy atom. The van der Waals surface area contributed by atoms with E-state index in [1.807, 2.05) is 30.3 Å². The van der Waals surface area contributed by atoms with Crippen molar-refractivity contribution >= 4 is 30.4 Å². The van der Waals surface area contributed by atoms with Crippen LogP contribution in [0.3, 0.4) is 0 Å². The molecule has 1 heterocycles. The third-order valence-electron chi connectivity index (χ3n) is 4.80. The monoisotopic (exact) mass is 407 g/mol. The Labute approximate surface area is 171 Å². The second kappa shape index (κ2) is 11.1. The Balaban J connectivity index is 2.02. The van der Waals surface area contributed by atoms with Crippen LogP contribution in [-0.4, -0.2) is 51.8 Å². The van der Waals surface area contributed by atoms with Gasteiger partial charge in [0.2, 0.25) is 5.91 Å². The van der Waals surface area contributed by atoms with Crippen LogP contribution in [0.25, 0.3) is 0 Å². The molecule has 3 atom stereocenters. The zero-order valence-electron chi connectivity index (χ0n) is 16.1. The second-order valence-corrected chi connectivity index (χ2v) is 7.75. The highest BCUT2D eigenvalue weighted by molar-refractivity contribution is 7.81. The molecule has 1 saturated heterocycles. The lowest BCUT2D eigenvalue weighted by atomic mass is 10.0. The molecule has 154 valence electrons. The first-order valence-corrected chi connectivity index (χ1v) is 10.2. The number of hydrogen-bond donors (Lipinski definition) is 4. The first-order valence-electron chi connectivity index (χ1n) is 9.72. The van der Waals surface area contributed by atoms with E-state index in [4.69, 9.17) is 5.11 Å². The number of benzene rings is 1. The molecule has 3 N–H and O–H groups in total. The van der Waals surface area contributed by atoms with Crippen LogP contribution in [0.4, 0.5) is 0 Å². The quantitative estimate of drug-likeness (QED) is 0.468. The normalized spacial score (nSPS) is 21.1. The number of amides is 2. The van der Waals surface area contributed by atoms with Crippen LogP contribution in [0.5, 0.6) is 0 Å². The Morgan fingerprint density at radius 2 is 2.04 bits per heavy atom. The van der Waals surface area contributed by atoms with Gasteiger partial charge < -0.3 is 10.4 Å². The Morgan fingerprint density at radius 3 is 2.68 bits per heavy atom. The highest BCUT2D eigenvalue weighted by Gasteiger charge is 2.33. The van der Waals surface area contributed by atoms with E-state index < -0.39 is 29.7 Å². The summed E-state index contributed by atoms with van der Waals surface area (Å²) in [4.78, 5) is 36.5. The number of unbranched alkanes of at least 4 members (excludes halogenated alkanes) is 1. The SMILES string of the molecule is CCCC[C@H]1CC[C@H](NC(=O)[C@H](S)Cc2ccccc2)C(=O)N(CC(=O)O)N1. The molecule has 0 spiro atoms. The summed E-state index contributed by atoms with van der Waals surface area (Å²) in [6, 6.07) is 8.80. The standard InChI is InChI=1S/C20H29N3O4S/c1-2-3-9-15-10-11-16(20(27)23(22-15)13-18(24)25)21-19(26)17(28)12-14-7-5-4-6-8-14/h4-8,15-17,22,28H,2-3,9-13H2,1H3,(H,21,26)(H,24,25)/t15-,16-,17+/m0/s1. The molecule has 7 nitrogen and oxygen atoms in total. The van der Waals surface area contributed by atoms with Gasteiger partial charge in [-0.05, 0) is 31.2 Å². The van der Waals surface area contributed by atoms with Crippen molar-refractivity contribution in [3.05, 3.63) is 35.9 Å². The minimum absolute atomic E-state index is 0.0151. The maximum Gasteiger partial charge on any atom is 0.324 e. The molecule has 1 fully saturated rings. The minimum atomic E-state index is -1.10. The number of hydrazine groups is 1. The zero-order valence-corrected chi connectivity index (χ0v) is 17.0. The van der Waals surface area contributed by atoms with E-state index in [0.717, 1.165) is 29.8 Å². The molecule has 1 aromatic carbocycles. The van der Waals surface area contributed by atoms with Crippen molar-refractivity contribution in [3.8, 4) is 0 Å². The lowest BCUT2D eigenvalue weighted by molar-refractivity contribution is -0.148. The molecule has 1 aromatic rings. The average molecular weight is 408 g/mol. The van der Waals surface area contributed by atoms with Crippen LogP contribution < -0.4 is 10.7 Å². The number of carbonyl (C=O) groups excluding carboxylic acids is 2. The van der Waals surface area contributed by atoms with Crippen molar-refractivity contribution in [1.29, 1.82) is 0 Å². The summed E-state index contributed by atoms with van der Waals surface area (Å²) in [7, 11) is 0. The summed E-state index contributed by atoms with van der Waals surface area (Å²) in [6.07, 6.45) is 4.46. The van der Waals surface area contributed by atoms with Gasteiger partial charge in [-0.1, -0.05) is 50.1 Å². The number of aliphatic carboxylic acids is 1. The van der Waals surface area contributed by atoms with Crippen LogP contribution in [0.2, 0.25) is 0 Å². The first kappa shape index (κ1) is 22.2. The lowest BCUT2D eigenvalue weighted by Crippen LogP contribution is -2.55. The van der Waals surface area contributed by atoms with Crippen molar-refractivity contribution in [2.75, 3.05) is 6.54 Å². The maximum atomic E-state index is 12.8. The van der Waals surface area contributed by atoms with Gasteiger partial charge in [0.05, 0.1) is 5.25 Å². The van der Waals surface area contributed by atoms with E-state index in [0.29, 0.717) is 19.3 Å². The molecule has 0 unspecified atom stereocenters. The summed E-state index contributed by atoms with van der Waals surface area (Å²) in [6.45, 7) is 1.64. The molecule has 0 saturated carbocycles. The van der Waals surface area contributed by atoms with Gasteiger partial charge in [-0.25, -0.2) is 5.43 Å². The molecule has 0 bridgehead atoms. The van der Waals surface area contributed by atoms with Crippen LogP contribution >= 0.6 is 12.6 Å². The summed E-state index contributed by atoms with van der Waals surface area (Å²) in [5, 5.41) is 12.4. The third kappa shape index (κ3) is 6.83. The van der Waals surface area contributed by atoms with E-state index in [1.165, 1.54) is 0 Å². The predicted molar refractivity (Wildman–Crippen MR) is 110 cm³/mol. The number of hydrogen-bond acceptors (Lipinski definition) is 5. The smallest absolute Gasteiger partial charge is 0.324 e. The molecule has 0 aromatic heterocycles. The zero-order chi connectivity index (χ0) is 20.5. The van der Waals surface area contributed by atoms with Crippen molar-refractivity contribution in [2.24, 2.45) is 0 Å². The predicted octanol–water partition coefficient (Wildman–Crippen LogP) is 1.78. The average Bonchev–Trinajstić information content (AvgIpc) is 2.80. The number of nitrogens with one attached hydrogen (secondary N) is 2. The van der Waals surface area contributed by atoms with Gasteiger partial charge in [0.1, 0.15) is 12.6 Å². The molecule has 0 radical (unpaired) electrons. The Hall–Kier alpha value is -2.06. The largest absolute Gasteiger partial charge is 0.480 e. The van der Waals surface area contributed by atoms with Gasteiger partial charge in [-0.2, -0.15) is 12.6 Å². The molecule has 1 aliphatic rings. The number of carbonyl (C=O) groups is 3. The third-order valence-corrected chi connectivity index (χ3v) is 5.21. The van der Waals surface area contributed by atoms with Crippen molar-refractivity contribution in [2.45, 2.75) is 62.8 Å². The van der Waals surface area contributed by atoms with Crippen LogP contribution in [-0.2, 0) is 20.8 Å². The van der Waals surface area contributed by atoms with Crippen molar-refractivity contribution in [3.63, 3.8) is 0 Å². The summed E-state index contributed by atoms with van der Waals surface area (Å²) >= 11 is 4.39.